The Morgan fingerprint density at radius 1 is 1.33 bits per heavy atom. The van der Waals surface area contributed by atoms with Gasteiger partial charge in [-0.05, 0) is 24.8 Å². The number of benzene rings is 1. The van der Waals surface area contributed by atoms with Crippen molar-refractivity contribution < 1.29 is 19.4 Å². The van der Waals surface area contributed by atoms with E-state index < -0.39 is 5.97 Å². The van der Waals surface area contributed by atoms with Crippen molar-refractivity contribution in [3.8, 4) is 5.75 Å². The summed E-state index contributed by atoms with van der Waals surface area (Å²) in [5, 5.41) is 11.8. The Balaban J connectivity index is 1.65. The average molecular weight is 290 g/mol. The molecule has 1 atom stereocenters. The molecule has 112 valence electrons. The van der Waals surface area contributed by atoms with Crippen LogP contribution in [0.2, 0.25) is 0 Å². The standard InChI is InChI=1S/C15H18N2O4/c18-14(19)8-17(7-10-5-6-10)15(20)16-12-9-21-13-4-2-1-3-11(12)13/h1-4,10,12H,5-9H2,(H,16,20)(H,18,19). The van der Waals surface area contributed by atoms with E-state index in [1.807, 2.05) is 24.3 Å². The summed E-state index contributed by atoms with van der Waals surface area (Å²) in [6.07, 6.45) is 2.14. The van der Waals surface area contributed by atoms with Crippen molar-refractivity contribution in [1.82, 2.24) is 10.2 Å². The number of nitrogens with one attached hydrogen (secondary N) is 1. The maximum atomic E-state index is 12.3. The lowest BCUT2D eigenvalue weighted by Crippen LogP contribution is -2.45. The van der Waals surface area contributed by atoms with Gasteiger partial charge in [-0.1, -0.05) is 18.2 Å². The van der Waals surface area contributed by atoms with E-state index in [0.29, 0.717) is 19.1 Å². The van der Waals surface area contributed by atoms with Gasteiger partial charge < -0.3 is 20.1 Å². The van der Waals surface area contributed by atoms with Gasteiger partial charge in [0, 0.05) is 12.1 Å². The fourth-order valence-electron chi connectivity index (χ4n) is 2.52. The van der Waals surface area contributed by atoms with Gasteiger partial charge in [-0.25, -0.2) is 4.79 Å². The number of hydrogen-bond donors (Lipinski definition) is 2. The first kappa shape index (κ1) is 13.7. The van der Waals surface area contributed by atoms with Crippen LogP contribution in [0.1, 0.15) is 24.4 Å². The molecule has 1 aromatic rings. The molecule has 0 aromatic heterocycles. The zero-order chi connectivity index (χ0) is 14.8. The molecule has 1 aromatic carbocycles. The Morgan fingerprint density at radius 3 is 2.81 bits per heavy atom. The highest BCUT2D eigenvalue weighted by Crippen LogP contribution is 2.32. The summed E-state index contributed by atoms with van der Waals surface area (Å²) in [4.78, 5) is 24.6. The van der Waals surface area contributed by atoms with Crippen molar-refractivity contribution in [3.05, 3.63) is 29.8 Å². The van der Waals surface area contributed by atoms with Crippen LogP contribution in [0, 0.1) is 5.92 Å². The van der Waals surface area contributed by atoms with Crippen LogP contribution in [0.25, 0.3) is 0 Å². The monoisotopic (exact) mass is 290 g/mol. The molecule has 0 spiro atoms. The number of amides is 2. The Hall–Kier alpha value is -2.24. The molecule has 1 aliphatic carbocycles. The molecule has 3 rings (SSSR count). The highest BCUT2D eigenvalue weighted by molar-refractivity contribution is 5.80. The van der Waals surface area contributed by atoms with Gasteiger partial charge in [0.2, 0.25) is 0 Å². The summed E-state index contributed by atoms with van der Waals surface area (Å²) < 4.78 is 5.52. The van der Waals surface area contributed by atoms with Crippen molar-refractivity contribution in [2.75, 3.05) is 19.7 Å². The van der Waals surface area contributed by atoms with Crippen molar-refractivity contribution in [2.45, 2.75) is 18.9 Å². The minimum atomic E-state index is -0.992. The van der Waals surface area contributed by atoms with Gasteiger partial charge in [-0.15, -0.1) is 0 Å². The molecule has 6 nitrogen and oxygen atoms in total. The van der Waals surface area contributed by atoms with E-state index in [1.165, 1.54) is 4.90 Å². The fourth-order valence-corrected chi connectivity index (χ4v) is 2.52. The van der Waals surface area contributed by atoms with Crippen molar-refractivity contribution in [2.24, 2.45) is 5.92 Å². The van der Waals surface area contributed by atoms with Gasteiger partial charge in [0.15, 0.2) is 0 Å². The first-order valence-electron chi connectivity index (χ1n) is 7.12. The molecule has 1 unspecified atom stereocenters. The smallest absolute Gasteiger partial charge is 0.323 e. The first-order chi connectivity index (χ1) is 10.1. The maximum absolute atomic E-state index is 12.3. The fraction of sp³-hybridized carbons (Fsp3) is 0.467. The van der Waals surface area contributed by atoms with Crippen molar-refractivity contribution in [3.63, 3.8) is 0 Å². The maximum Gasteiger partial charge on any atom is 0.323 e. The lowest BCUT2D eigenvalue weighted by Gasteiger charge is -2.23. The van der Waals surface area contributed by atoms with Gasteiger partial charge in [-0.3, -0.25) is 4.79 Å². The molecule has 2 amide bonds. The molecular formula is C15H18N2O4. The van der Waals surface area contributed by atoms with Crippen LogP contribution >= 0.6 is 0 Å². The number of aliphatic carboxylic acids is 1. The lowest BCUT2D eigenvalue weighted by atomic mass is 10.1. The second kappa shape index (κ2) is 5.63. The molecular weight excluding hydrogens is 272 g/mol. The molecule has 1 heterocycles. The highest BCUT2D eigenvalue weighted by Gasteiger charge is 2.31. The van der Waals surface area contributed by atoms with E-state index in [2.05, 4.69) is 5.32 Å². The van der Waals surface area contributed by atoms with Gasteiger partial charge >= 0.3 is 12.0 Å². The molecule has 0 bridgehead atoms. The van der Waals surface area contributed by atoms with E-state index in [-0.39, 0.29) is 18.6 Å². The molecule has 0 radical (unpaired) electrons. The predicted molar refractivity (Wildman–Crippen MR) is 75.1 cm³/mol. The molecule has 2 N–H and O–H groups in total. The van der Waals surface area contributed by atoms with E-state index in [1.54, 1.807) is 0 Å². The number of fused-ring (bicyclic) bond motifs is 1. The molecule has 6 heteroatoms. The number of carbonyl (C=O) groups excluding carboxylic acids is 1. The molecule has 2 aliphatic rings. The number of carboxylic acids is 1. The highest BCUT2D eigenvalue weighted by atomic mass is 16.5. The third-order valence-corrected chi connectivity index (χ3v) is 3.79. The van der Waals surface area contributed by atoms with Crippen LogP contribution in [0.4, 0.5) is 4.79 Å². The summed E-state index contributed by atoms with van der Waals surface area (Å²) in [6.45, 7) is 0.625. The first-order valence-corrected chi connectivity index (χ1v) is 7.12. The number of carbonyl (C=O) groups is 2. The molecule has 1 aliphatic heterocycles. The van der Waals surface area contributed by atoms with Crippen LogP contribution < -0.4 is 10.1 Å². The Morgan fingerprint density at radius 2 is 2.10 bits per heavy atom. The number of ether oxygens (including phenoxy) is 1. The van der Waals surface area contributed by atoms with E-state index in [9.17, 15) is 9.59 Å². The van der Waals surface area contributed by atoms with E-state index in [4.69, 9.17) is 9.84 Å². The molecule has 21 heavy (non-hydrogen) atoms. The summed E-state index contributed by atoms with van der Waals surface area (Å²) in [5.41, 5.74) is 0.938. The van der Waals surface area contributed by atoms with Crippen LogP contribution in [-0.2, 0) is 4.79 Å². The molecule has 1 saturated carbocycles. The van der Waals surface area contributed by atoms with Crippen LogP contribution in [-0.4, -0.2) is 41.7 Å². The topological polar surface area (TPSA) is 78.9 Å². The minimum Gasteiger partial charge on any atom is -0.491 e. The number of para-hydroxylation sites is 1. The van der Waals surface area contributed by atoms with Crippen molar-refractivity contribution >= 4 is 12.0 Å². The van der Waals surface area contributed by atoms with Gasteiger partial charge in [0.05, 0.1) is 6.04 Å². The zero-order valence-corrected chi connectivity index (χ0v) is 11.6. The molecule has 1 fully saturated rings. The molecule has 0 saturated heterocycles. The second-order valence-corrected chi connectivity index (χ2v) is 5.57. The minimum absolute atomic E-state index is 0.218. The zero-order valence-electron chi connectivity index (χ0n) is 11.6. The normalized spacial score (nSPS) is 19.5. The Labute approximate surface area is 122 Å². The summed E-state index contributed by atoms with van der Waals surface area (Å²) >= 11 is 0. The number of hydrogen-bond acceptors (Lipinski definition) is 3. The lowest BCUT2D eigenvalue weighted by molar-refractivity contribution is -0.137. The summed E-state index contributed by atoms with van der Waals surface area (Å²) in [5.74, 6) is 0.228. The van der Waals surface area contributed by atoms with Crippen LogP contribution in [0.15, 0.2) is 24.3 Å². The van der Waals surface area contributed by atoms with Gasteiger partial charge in [-0.2, -0.15) is 0 Å². The summed E-state index contributed by atoms with van der Waals surface area (Å²) in [6, 6.07) is 6.99. The Bertz CT molecular complexity index is 556. The number of rotatable bonds is 5. The SMILES string of the molecule is O=C(O)CN(CC1CC1)C(=O)NC1COc2ccccc21. The Kier molecular flexibility index (Phi) is 3.68. The van der Waals surface area contributed by atoms with Crippen LogP contribution in [0.5, 0.6) is 5.75 Å². The van der Waals surface area contributed by atoms with Crippen LogP contribution in [0.3, 0.4) is 0 Å². The quantitative estimate of drug-likeness (QED) is 0.864. The van der Waals surface area contributed by atoms with Gasteiger partial charge in [0.1, 0.15) is 18.9 Å². The van der Waals surface area contributed by atoms with E-state index >= 15 is 0 Å². The summed E-state index contributed by atoms with van der Waals surface area (Å²) in [7, 11) is 0. The predicted octanol–water partition coefficient (Wildman–Crippen LogP) is 1.63. The van der Waals surface area contributed by atoms with E-state index in [0.717, 1.165) is 24.2 Å². The van der Waals surface area contributed by atoms with Crippen molar-refractivity contribution in [1.29, 1.82) is 0 Å². The third-order valence-electron chi connectivity index (χ3n) is 3.79. The number of nitrogens with zero attached hydrogens (tertiary/aromatic N) is 1. The van der Waals surface area contributed by atoms with Gasteiger partial charge in [0.25, 0.3) is 0 Å². The number of carboxylic acid groups (broad SMARTS) is 1. The largest absolute Gasteiger partial charge is 0.491 e. The third kappa shape index (κ3) is 3.26. The second-order valence-electron chi connectivity index (χ2n) is 5.57. The number of urea groups is 1. The average Bonchev–Trinajstić information content (AvgIpc) is 3.18.